The van der Waals surface area contributed by atoms with Gasteiger partial charge in [0, 0.05) is 12.7 Å². The minimum atomic E-state index is -0.451. The van der Waals surface area contributed by atoms with Crippen molar-refractivity contribution in [3.63, 3.8) is 0 Å². The summed E-state index contributed by atoms with van der Waals surface area (Å²) < 4.78 is 4.88. The van der Waals surface area contributed by atoms with Crippen molar-refractivity contribution < 1.29 is 14.6 Å². The van der Waals surface area contributed by atoms with Crippen LogP contribution in [0.3, 0.4) is 0 Å². The molecule has 104 valence electrons. The third-order valence-corrected chi connectivity index (χ3v) is 2.34. The number of aromatic nitrogens is 2. The standard InChI is InChI=1S/C11H16N4O3S/c1-3-18-9(17)8-6-13-10(14-7(8)2)15-11(19)12-4-5-16/h6,16H,3-5H2,1-2H3,(H2,12,13,14,15,19). The Labute approximate surface area is 116 Å². The van der Waals surface area contributed by atoms with Gasteiger partial charge in [-0.3, -0.25) is 0 Å². The van der Waals surface area contributed by atoms with Crippen LogP contribution in [-0.4, -0.2) is 45.9 Å². The lowest BCUT2D eigenvalue weighted by Crippen LogP contribution is -2.31. The van der Waals surface area contributed by atoms with Crippen LogP contribution in [0.4, 0.5) is 5.95 Å². The lowest BCUT2D eigenvalue weighted by Gasteiger charge is -2.09. The van der Waals surface area contributed by atoms with Crippen LogP contribution in [0.25, 0.3) is 0 Å². The summed E-state index contributed by atoms with van der Waals surface area (Å²) in [5, 5.41) is 14.5. The Morgan fingerprint density at radius 1 is 1.58 bits per heavy atom. The number of nitrogens with zero attached hydrogens (tertiary/aromatic N) is 2. The molecule has 7 nitrogen and oxygen atoms in total. The minimum absolute atomic E-state index is 0.0243. The fraction of sp³-hybridized carbons (Fsp3) is 0.455. The molecule has 0 amide bonds. The lowest BCUT2D eigenvalue weighted by molar-refractivity contribution is 0.0524. The summed E-state index contributed by atoms with van der Waals surface area (Å²) >= 11 is 4.97. The number of carbonyl (C=O) groups excluding carboxylic acids is 1. The first-order valence-corrected chi connectivity index (χ1v) is 6.15. The van der Waals surface area contributed by atoms with E-state index in [0.717, 1.165) is 0 Å². The van der Waals surface area contributed by atoms with E-state index in [1.165, 1.54) is 6.20 Å². The number of anilines is 1. The Morgan fingerprint density at radius 3 is 2.89 bits per heavy atom. The molecule has 0 fully saturated rings. The van der Waals surface area contributed by atoms with Crippen LogP contribution >= 0.6 is 12.2 Å². The van der Waals surface area contributed by atoms with Crippen LogP contribution in [0.15, 0.2) is 6.20 Å². The first-order valence-electron chi connectivity index (χ1n) is 5.75. The second kappa shape index (κ2) is 7.59. The first kappa shape index (κ1) is 15.3. The molecule has 0 aliphatic rings. The van der Waals surface area contributed by atoms with Crippen LogP contribution in [0.2, 0.25) is 0 Å². The van der Waals surface area contributed by atoms with Crippen molar-refractivity contribution >= 4 is 29.2 Å². The molecule has 0 atom stereocenters. The number of aryl methyl sites for hydroxylation is 1. The predicted octanol–water partition coefficient (Wildman–Crippen LogP) is 0.240. The van der Waals surface area contributed by atoms with E-state index in [4.69, 9.17) is 22.1 Å². The molecule has 1 aromatic heterocycles. The van der Waals surface area contributed by atoms with Crippen LogP contribution < -0.4 is 10.6 Å². The van der Waals surface area contributed by atoms with Gasteiger partial charge in [-0.25, -0.2) is 14.8 Å². The fourth-order valence-electron chi connectivity index (χ4n) is 1.25. The Balaban J connectivity index is 2.71. The van der Waals surface area contributed by atoms with Crippen molar-refractivity contribution in [1.82, 2.24) is 15.3 Å². The molecule has 1 rings (SSSR count). The van der Waals surface area contributed by atoms with E-state index in [2.05, 4.69) is 20.6 Å². The molecule has 0 spiro atoms. The lowest BCUT2D eigenvalue weighted by atomic mass is 10.2. The number of esters is 1. The van der Waals surface area contributed by atoms with Gasteiger partial charge in [0.1, 0.15) is 0 Å². The van der Waals surface area contributed by atoms with Gasteiger partial charge in [0.2, 0.25) is 5.95 Å². The van der Waals surface area contributed by atoms with E-state index >= 15 is 0 Å². The quantitative estimate of drug-likeness (QED) is 0.523. The largest absolute Gasteiger partial charge is 0.462 e. The number of rotatable bonds is 5. The summed E-state index contributed by atoms with van der Waals surface area (Å²) in [4.78, 5) is 19.6. The zero-order valence-electron chi connectivity index (χ0n) is 10.8. The van der Waals surface area contributed by atoms with E-state index in [1.807, 2.05) is 0 Å². The van der Waals surface area contributed by atoms with Crippen LogP contribution in [0.5, 0.6) is 0 Å². The van der Waals surface area contributed by atoms with E-state index in [1.54, 1.807) is 13.8 Å². The number of nitrogens with one attached hydrogen (secondary N) is 2. The maximum Gasteiger partial charge on any atom is 0.341 e. The Kier molecular flexibility index (Phi) is 6.10. The van der Waals surface area contributed by atoms with Crippen LogP contribution in [-0.2, 0) is 4.74 Å². The van der Waals surface area contributed by atoms with E-state index in [0.29, 0.717) is 29.5 Å². The van der Waals surface area contributed by atoms with Gasteiger partial charge in [-0.1, -0.05) is 0 Å². The number of carbonyl (C=O) groups is 1. The van der Waals surface area contributed by atoms with E-state index in [-0.39, 0.29) is 12.6 Å². The number of hydrogen-bond donors (Lipinski definition) is 3. The summed E-state index contributed by atoms with van der Waals surface area (Å²) in [6.45, 7) is 4.03. The normalized spacial score (nSPS) is 9.84. The molecule has 0 unspecified atom stereocenters. The molecule has 0 aromatic carbocycles. The summed E-state index contributed by atoms with van der Waals surface area (Å²) in [5.74, 6) is -0.173. The van der Waals surface area contributed by atoms with Gasteiger partial charge in [0.25, 0.3) is 0 Å². The highest BCUT2D eigenvalue weighted by atomic mass is 32.1. The van der Waals surface area contributed by atoms with Gasteiger partial charge in [-0.15, -0.1) is 0 Å². The van der Waals surface area contributed by atoms with Crippen molar-refractivity contribution in [3.8, 4) is 0 Å². The maximum absolute atomic E-state index is 11.6. The third-order valence-electron chi connectivity index (χ3n) is 2.10. The van der Waals surface area contributed by atoms with Gasteiger partial charge in [0.15, 0.2) is 5.11 Å². The van der Waals surface area contributed by atoms with Gasteiger partial charge in [-0.2, -0.15) is 0 Å². The molecule has 3 N–H and O–H groups in total. The molecule has 0 aliphatic heterocycles. The minimum Gasteiger partial charge on any atom is -0.462 e. The summed E-state index contributed by atoms with van der Waals surface area (Å²) in [7, 11) is 0. The zero-order chi connectivity index (χ0) is 14.3. The SMILES string of the molecule is CCOC(=O)c1cnc(NC(=S)NCCO)nc1C. The van der Waals surface area contributed by atoms with Gasteiger partial charge < -0.3 is 20.5 Å². The van der Waals surface area contributed by atoms with Crippen molar-refractivity contribution in [2.75, 3.05) is 25.1 Å². The van der Waals surface area contributed by atoms with Crippen molar-refractivity contribution in [2.45, 2.75) is 13.8 Å². The zero-order valence-corrected chi connectivity index (χ0v) is 11.6. The number of aliphatic hydroxyl groups excluding tert-OH is 1. The topological polar surface area (TPSA) is 96.4 Å². The van der Waals surface area contributed by atoms with Crippen LogP contribution in [0.1, 0.15) is 23.0 Å². The highest BCUT2D eigenvalue weighted by molar-refractivity contribution is 7.80. The second-order valence-electron chi connectivity index (χ2n) is 3.52. The molecule has 0 bridgehead atoms. The highest BCUT2D eigenvalue weighted by Gasteiger charge is 2.12. The van der Waals surface area contributed by atoms with Crippen molar-refractivity contribution in [2.24, 2.45) is 0 Å². The third kappa shape index (κ3) is 4.76. The Morgan fingerprint density at radius 2 is 2.32 bits per heavy atom. The molecule has 1 aromatic rings. The number of ether oxygens (including phenoxy) is 1. The molecule has 0 saturated carbocycles. The molecular weight excluding hydrogens is 268 g/mol. The molecule has 0 saturated heterocycles. The Hall–Kier alpha value is -1.80. The average Bonchev–Trinajstić information content (AvgIpc) is 2.36. The summed E-state index contributed by atoms with van der Waals surface area (Å²) in [6, 6.07) is 0. The fourth-order valence-corrected chi connectivity index (χ4v) is 1.45. The number of hydrogen-bond acceptors (Lipinski definition) is 6. The summed E-state index contributed by atoms with van der Waals surface area (Å²) in [5.41, 5.74) is 0.822. The summed E-state index contributed by atoms with van der Waals surface area (Å²) in [6.07, 6.45) is 1.39. The van der Waals surface area contributed by atoms with Crippen molar-refractivity contribution in [3.05, 3.63) is 17.5 Å². The molecule has 0 aliphatic carbocycles. The molecule has 8 heteroatoms. The molecule has 19 heavy (non-hydrogen) atoms. The first-order chi connectivity index (χ1) is 9.08. The van der Waals surface area contributed by atoms with E-state index in [9.17, 15) is 4.79 Å². The smallest absolute Gasteiger partial charge is 0.341 e. The van der Waals surface area contributed by atoms with Gasteiger partial charge in [-0.05, 0) is 26.1 Å². The van der Waals surface area contributed by atoms with Gasteiger partial charge in [0.05, 0.1) is 24.5 Å². The predicted molar refractivity (Wildman–Crippen MR) is 74.0 cm³/mol. The Bertz CT molecular complexity index is 467. The highest BCUT2D eigenvalue weighted by Crippen LogP contribution is 2.08. The second-order valence-corrected chi connectivity index (χ2v) is 3.93. The maximum atomic E-state index is 11.6. The molecule has 0 radical (unpaired) electrons. The van der Waals surface area contributed by atoms with E-state index < -0.39 is 5.97 Å². The number of thiocarbonyl (C=S) groups is 1. The van der Waals surface area contributed by atoms with Crippen molar-refractivity contribution in [1.29, 1.82) is 0 Å². The van der Waals surface area contributed by atoms with Gasteiger partial charge >= 0.3 is 5.97 Å². The molecule has 1 heterocycles. The van der Waals surface area contributed by atoms with Crippen LogP contribution in [0, 0.1) is 6.92 Å². The number of aliphatic hydroxyl groups is 1. The monoisotopic (exact) mass is 284 g/mol. The molecular formula is C11H16N4O3S. The average molecular weight is 284 g/mol.